The van der Waals surface area contributed by atoms with E-state index >= 15 is 0 Å². The van der Waals surface area contributed by atoms with Crippen molar-refractivity contribution in [1.82, 2.24) is 5.43 Å². The maximum Gasteiger partial charge on any atom is 0.0502 e. The maximum atomic E-state index is 5.89. The van der Waals surface area contributed by atoms with Gasteiger partial charge in [0.2, 0.25) is 0 Å². The highest BCUT2D eigenvalue weighted by atomic mass is 32.1. The van der Waals surface area contributed by atoms with Crippen LogP contribution in [-0.4, -0.2) is 0 Å². The monoisotopic (exact) mass is 274 g/mol. The predicted molar refractivity (Wildman–Crippen MR) is 83.0 cm³/mol. The molecule has 0 bridgehead atoms. The van der Waals surface area contributed by atoms with Gasteiger partial charge in [-0.1, -0.05) is 38.0 Å². The molecule has 1 aliphatic rings. The quantitative estimate of drug-likeness (QED) is 0.649. The van der Waals surface area contributed by atoms with E-state index in [-0.39, 0.29) is 0 Å². The second-order valence-electron chi connectivity index (χ2n) is 5.86. The van der Waals surface area contributed by atoms with E-state index in [1.165, 1.54) is 41.3 Å². The van der Waals surface area contributed by atoms with Crippen LogP contribution in [0.25, 0.3) is 10.1 Å². The van der Waals surface area contributed by atoms with Gasteiger partial charge in [0, 0.05) is 4.70 Å². The second kappa shape index (κ2) is 5.61. The number of hydrogen-bond donors (Lipinski definition) is 2. The first kappa shape index (κ1) is 13.1. The minimum Gasteiger partial charge on any atom is -0.271 e. The van der Waals surface area contributed by atoms with Gasteiger partial charge in [-0.25, -0.2) is 0 Å². The highest BCUT2D eigenvalue weighted by molar-refractivity contribution is 7.17. The summed E-state index contributed by atoms with van der Waals surface area (Å²) < 4.78 is 1.36. The normalized spacial score (nSPS) is 25.6. The molecule has 3 heteroatoms. The van der Waals surface area contributed by atoms with Crippen LogP contribution in [0.4, 0.5) is 0 Å². The molecule has 2 nitrogen and oxygen atoms in total. The van der Waals surface area contributed by atoms with E-state index in [9.17, 15) is 0 Å². The van der Waals surface area contributed by atoms with Crippen molar-refractivity contribution in [3.63, 3.8) is 0 Å². The molecule has 1 fully saturated rings. The molecule has 0 radical (unpaired) electrons. The smallest absolute Gasteiger partial charge is 0.0502 e. The van der Waals surface area contributed by atoms with E-state index in [2.05, 4.69) is 42.0 Å². The first-order valence-corrected chi connectivity index (χ1v) is 8.10. The van der Waals surface area contributed by atoms with Gasteiger partial charge in [-0.15, -0.1) is 11.3 Å². The number of thiophene rings is 1. The van der Waals surface area contributed by atoms with Gasteiger partial charge in [0.25, 0.3) is 0 Å². The summed E-state index contributed by atoms with van der Waals surface area (Å²) in [5.41, 5.74) is 4.48. The van der Waals surface area contributed by atoms with Crippen molar-refractivity contribution < 1.29 is 0 Å². The number of benzene rings is 1. The van der Waals surface area contributed by atoms with Crippen LogP contribution in [0.5, 0.6) is 0 Å². The molecule has 19 heavy (non-hydrogen) atoms. The Balaban J connectivity index is 1.93. The highest BCUT2D eigenvalue weighted by Crippen LogP contribution is 2.40. The molecule has 1 aliphatic carbocycles. The van der Waals surface area contributed by atoms with E-state index in [1.54, 1.807) is 0 Å². The standard InChI is InChI=1S/C16H22N2S/c1-11-5-4-6-12(9-11)16(18-17)14-10-19-15-8-3-2-7-13(14)15/h2-3,7-8,10-12,16,18H,4-6,9,17H2,1H3. The van der Waals surface area contributed by atoms with Crippen LogP contribution in [-0.2, 0) is 0 Å². The lowest BCUT2D eigenvalue weighted by atomic mass is 9.77. The molecule has 0 aliphatic heterocycles. The van der Waals surface area contributed by atoms with Crippen LogP contribution >= 0.6 is 11.3 Å². The molecule has 1 saturated carbocycles. The maximum absolute atomic E-state index is 5.89. The van der Waals surface area contributed by atoms with Gasteiger partial charge < -0.3 is 0 Å². The van der Waals surface area contributed by atoms with Crippen LogP contribution in [0, 0.1) is 11.8 Å². The molecule has 0 spiro atoms. The van der Waals surface area contributed by atoms with Gasteiger partial charge in [0.1, 0.15) is 0 Å². The molecule has 102 valence electrons. The van der Waals surface area contributed by atoms with E-state index in [4.69, 9.17) is 5.84 Å². The zero-order valence-corrected chi connectivity index (χ0v) is 12.2. The van der Waals surface area contributed by atoms with E-state index in [1.807, 2.05) is 11.3 Å². The number of nitrogens with two attached hydrogens (primary N) is 1. The molecule has 3 unspecified atom stereocenters. The van der Waals surface area contributed by atoms with Crippen LogP contribution in [0.15, 0.2) is 29.6 Å². The minimum absolute atomic E-state index is 0.305. The van der Waals surface area contributed by atoms with Crippen molar-refractivity contribution in [3.8, 4) is 0 Å². The van der Waals surface area contributed by atoms with Crippen molar-refractivity contribution in [2.24, 2.45) is 17.7 Å². The first-order valence-electron chi connectivity index (χ1n) is 7.22. The number of hydrazine groups is 1. The Hall–Kier alpha value is -0.900. The van der Waals surface area contributed by atoms with Crippen molar-refractivity contribution in [3.05, 3.63) is 35.2 Å². The number of hydrogen-bond acceptors (Lipinski definition) is 3. The summed E-state index contributed by atoms with van der Waals surface area (Å²) in [5, 5.41) is 3.66. The average molecular weight is 274 g/mol. The largest absolute Gasteiger partial charge is 0.271 e. The third-order valence-electron chi connectivity index (χ3n) is 4.47. The van der Waals surface area contributed by atoms with Crippen molar-refractivity contribution in [2.75, 3.05) is 0 Å². The summed E-state index contributed by atoms with van der Waals surface area (Å²) in [6.45, 7) is 2.37. The molecule has 1 heterocycles. The van der Waals surface area contributed by atoms with Crippen LogP contribution in [0.2, 0.25) is 0 Å². The molecule has 2 aromatic rings. The predicted octanol–water partition coefficient (Wildman–Crippen LogP) is 4.23. The Kier molecular flexibility index (Phi) is 3.87. The van der Waals surface area contributed by atoms with E-state index in [0.717, 1.165) is 5.92 Å². The van der Waals surface area contributed by atoms with Crippen molar-refractivity contribution in [2.45, 2.75) is 38.6 Å². The summed E-state index contributed by atoms with van der Waals surface area (Å²) in [4.78, 5) is 0. The lowest BCUT2D eigenvalue weighted by molar-refractivity contribution is 0.225. The number of fused-ring (bicyclic) bond motifs is 1. The Labute approximate surface area is 119 Å². The van der Waals surface area contributed by atoms with E-state index in [0.29, 0.717) is 12.0 Å². The zero-order chi connectivity index (χ0) is 13.2. The zero-order valence-electron chi connectivity index (χ0n) is 11.4. The summed E-state index contributed by atoms with van der Waals surface area (Å²) in [6.07, 6.45) is 5.30. The topological polar surface area (TPSA) is 38.0 Å². The van der Waals surface area contributed by atoms with Gasteiger partial charge in [0.05, 0.1) is 6.04 Å². The molecular formula is C16H22N2S. The number of nitrogens with one attached hydrogen (secondary N) is 1. The van der Waals surface area contributed by atoms with Gasteiger partial charge >= 0.3 is 0 Å². The van der Waals surface area contributed by atoms with Gasteiger partial charge in [-0.2, -0.15) is 0 Å². The Bertz CT molecular complexity index is 548. The molecule has 3 N–H and O–H groups in total. The molecule has 0 saturated heterocycles. The molecule has 3 atom stereocenters. The molecule has 3 rings (SSSR count). The molecule has 1 aromatic heterocycles. The first-order chi connectivity index (χ1) is 9.29. The molecule has 1 aromatic carbocycles. The second-order valence-corrected chi connectivity index (χ2v) is 6.77. The van der Waals surface area contributed by atoms with Crippen molar-refractivity contribution in [1.29, 1.82) is 0 Å². The third-order valence-corrected chi connectivity index (χ3v) is 5.46. The minimum atomic E-state index is 0.305. The molecular weight excluding hydrogens is 252 g/mol. The Morgan fingerprint density at radius 1 is 1.32 bits per heavy atom. The van der Waals surface area contributed by atoms with Crippen LogP contribution in [0.3, 0.4) is 0 Å². The lowest BCUT2D eigenvalue weighted by Crippen LogP contribution is -2.35. The van der Waals surface area contributed by atoms with Gasteiger partial charge in [-0.3, -0.25) is 11.3 Å². The SMILES string of the molecule is CC1CCCC(C(NN)c2csc3ccccc23)C1. The van der Waals surface area contributed by atoms with Gasteiger partial charge in [0.15, 0.2) is 0 Å². The van der Waals surface area contributed by atoms with Gasteiger partial charge in [-0.05, 0) is 47.1 Å². The Morgan fingerprint density at radius 2 is 2.16 bits per heavy atom. The fourth-order valence-electron chi connectivity index (χ4n) is 3.50. The molecule has 0 amide bonds. The summed E-state index contributed by atoms with van der Waals surface area (Å²) >= 11 is 1.83. The van der Waals surface area contributed by atoms with Crippen LogP contribution in [0.1, 0.15) is 44.2 Å². The number of rotatable bonds is 3. The Morgan fingerprint density at radius 3 is 2.95 bits per heavy atom. The highest BCUT2D eigenvalue weighted by Gasteiger charge is 2.28. The van der Waals surface area contributed by atoms with E-state index < -0.39 is 0 Å². The van der Waals surface area contributed by atoms with Crippen LogP contribution < -0.4 is 11.3 Å². The fraction of sp³-hybridized carbons (Fsp3) is 0.500. The fourth-order valence-corrected chi connectivity index (χ4v) is 4.50. The lowest BCUT2D eigenvalue weighted by Gasteiger charge is -2.33. The third kappa shape index (κ3) is 2.55. The summed E-state index contributed by atoms with van der Waals surface area (Å²) in [7, 11) is 0. The average Bonchev–Trinajstić information content (AvgIpc) is 2.84. The van der Waals surface area contributed by atoms with Crippen molar-refractivity contribution >= 4 is 21.4 Å². The summed E-state index contributed by atoms with van der Waals surface area (Å²) in [6, 6.07) is 8.95. The summed E-state index contributed by atoms with van der Waals surface area (Å²) in [5.74, 6) is 7.39.